The minimum atomic E-state index is -0.771. The first-order chi connectivity index (χ1) is 19.6. The fourth-order valence-corrected chi connectivity index (χ4v) is 4.11. The van der Waals surface area contributed by atoms with E-state index in [1.165, 1.54) is 0 Å². The Morgan fingerprint density at radius 2 is 1.68 bits per heavy atom. The highest BCUT2D eigenvalue weighted by Crippen LogP contribution is 2.25. The molecule has 10 heteroatoms. The average molecular weight is 550 g/mol. The number of rotatable bonds is 3. The predicted molar refractivity (Wildman–Crippen MR) is 151 cm³/mol. The molecule has 0 saturated carbocycles. The maximum absolute atomic E-state index is 13.0. The smallest absolute Gasteiger partial charge is 0.426 e. The molecule has 1 fully saturated rings. The number of benzene rings is 2. The van der Waals surface area contributed by atoms with Gasteiger partial charge in [-0.25, -0.2) is 20.0 Å². The molecule has 1 unspecified atom stereocenters. The molecule has 2 aromatic heterocycles. The lowest BCUT2D eigenvalue weighted by Crippen LogP contribution is -2.44. The second kappa shape index (κ2) is 11.4. The number of aromatic nitrogens is 2. The van der Waals surface area contributed by atoms with Gasteiger partial charge in [0.05, 0.1) is 23.3 Å². The zero-order valence-corrected chi connectivity index (χ0v) is 22.6. The van der Waals surface area contributed by atoms with Crippen LogP contribution in [0.1, 0.15) is 53.9 Å². The zero-order valence-electron chi connectivity index (χ0n) is 22.6. The fourth-order valence-electron chi connectivity index (χ4n) is 4.11. The number of nitrogens with one attached hydrogen (secondary N) is 3. The van der Waals surface area contributed by atoms with Crippen molar-refractivity contribution in [3.8, 4) is 23.1 Å². The van der Waals surface area contributed by atoms with E-state index in [2.05, 4.69) is 33.0 Å². The number of hydrogen-bond donors (Lipinski definition) is 3. The molecule has 3 amide bonds. The van der Waals surface area contributed by atoms with Crippen molar-refractivity contribution in [3.05, 3.63) is 95.3 Å². The number of hydrazine groups is 1. The van der Waals surface area contributed by atoms with Crippen LogP contribution in [-0.4, -0.2) is 40.2 Å². The van der Waals surface area contributed by atoms with Gasteiger partial charge in [-0.3, -0.25) is 15.2 Å². The third-order valence-electron chi connectivity index (χ3n) is 6.03. The second-order valence-electron chi connectivity index (χ2n) is 10.3. The molecule has 1 aliphatic rings. The molecule has 0 spiro atoms. The molecule has 2 aromatic carbocycles. The van der Waals surface area contributed by atoms with Crippen LogP contribution in [0.5, 0.6) is 0 Å². The number of alkyl carbamates (subject to hydrolysis) is 1. The van der Waals surface area contributed by atoms with E-state index in [-0.39, 0.29) is 6.10 Å². The van der Waals surface area contributed by atoms with E-state index < -0.39 is 23.7 Å². The van der Waals surface area contributed by atoms with Crippen LogP contribution in [0.3, 0.4) is 0 Å². The fraction of sp³-hybridized carbons (Fsp3) is 0.194. The van der Waals surface area contributed by atoms with Gasteiger partial charge >= 0.3 is 12.2 Å². The summed E-state index contributed by atoms with van der Waals surface area (Å²) in [7, 11) is 0. The van der Waals surface area contributed by atoms with Gasteiger partial charge in [0.25, 0.3) is 5.91 Å². The Hall–Kier alpha value is -5.43. The van der Waals surface area contributed by atoms with E-state index in [0.717, 1.165) is 22.3 Å². The molecule has 10 nitrogen and oxygen atoms in total. The molecule has 5 rings (SSSR count). The molecular weight excluding hydrogens is 522 g/mol. The van der Waals surface area contributed by atoms with Crippen molar-refractivity contribution in [3.63, 3.8) is 0 Å². The highest BCUT2D eigenvalue weighted by molar-refractivity contribution is 6.07. The zero-order chi connectivity index (χ0) is 29.0. The molecule has 3 N–H and O–H groups in total. The van der Waals surface area contributed by atoms with Gasteiger partial charge in [-0.1, -0.05) is 36.1 Å². The summed E-state index contributed by atoms with van der Waals surface area (Å²) in [6, 6.07) is 18.5. The molecule has 0 radical (unpaired) electrons. The van der Waals surface area contributed by atoms with Crippen molar-refractivity contribution in [1.29, 1.82) is 0 Å². The summed E-state index contributed by atoms with van der Waals surface area (Å²) < 4.78 is 10.4. The number of pyridine rings is 2. The summed E-state index contributed by atoms with van der Waals surface area (Å²) >= 11 is 0. The molecular formula is C31H27N5O5. The largest absolute Gasteiger partial charge is 0.443 e. The van der Waals surface area contributed by atoms with Gasteiger partial charge in [0.15, 0.2) is 0 Å². The first-order valence-corrected chi connectivity index (χ1v) is 12.9. The van der Waals surface area contributed by atoms with Gasteiger partial charge < -0.3 is 14.8 Å². The Balaban J connectivity index is 1.32. The number of carbonyl (C=O) groups excluding carboxylic acids is 3. The standard InChI is InChI=1S/C31H27N5O5/c1-31(2,3)41-30(39)36-35-28(37)23-16-26(34-25-14-15-32-17-24(23)25)21-10-6-19(7-11-21)4-5-20-8-12-22(13-9-20)27-18-33-29(38)40-27/h6-17,27H,18H2,1-3H3,(H,33,38)(H,35,37)(H,36,39). The van der Waals surface area contributed by atoms with Crippen molar-refractivity contribution in [2.24, 2.45) is 0 Å². The summed E-state index contributed by atoms with van der Waals surface area (Å²) in [5.74, 6) is 5.75. The van der Waals surface area contributed by atoms with Gasteiger partial charge in [0.1, 0.15) is 11.7 Å². The van der Waals surface area contributed by atoms with Gasteiger partial charge in [0, 0.05) is 34.5 Å². The van der Waals surface area contributed by atoms with Crippen molar-refractivity contribution >= 4 is 29.0 Å². The van der Waals surface area contributed by atoms with E-state index in [9.17, 15) is 14.4 Å². The van der Waals surface area contributed by atoms with E-state index >= 15 is 0 Å². The summed E-state index contributed by atoms with van der Waals surface area (Å²) in [6.07, 6.45) is 1.68. The summed E-state index contributed by atoms with van der Waals surface area (Å²) in [5.41, 5.74) is 8.73. The summed E-state index contributed by atoms with van der Waals surface area (Å²) in [4.78, 5) is 45.1. The Morgan fingerprint density at radius 3 is 2.32 bits per heavy atom. The van der Waals surface area contributed by atoms with E-state index in [0.29, 0.717) is 28.7 Å². The molecule has 3 heterocycles. The molecule has 0 bridgehead atoms. The van der Waals surface area contributed by atoms with Gasteiger partial charge in [0.2, 0.25) is 0 Å². The third-order valence-corrected chi connectivity index (χ3v) is 6.03. The molecule has 1 aliphatic heterocycles. The van der Waals surface area contributed by atoms with E-state index in [1.54, 1.807) is 45.3 Å². The van der Waals surface area contributed by atoms with Crippen LogP contribution in [0.15, 0.2) is 73.1 Å². The molecule has 4 aromatic rings. The van der Waals surface area contributed by atoms with Gasteiger partial charge in [-0.05, 0) is 62.7 Å². The number of fused-ring (bicyclic) bond motifs is 1. The van der Waals surface area contributed by atoms with E-state index in [1.807, 2.05) is 48.5 Å². The normalized spacial score (nSPS) is 14.3. The Labute approximate surface area is 236 Å². The highest BCUT2D eigenvalue weighted by atomic mass is 16.6. The van der Waals surface area contributed by atoms with Crippen LogP contribution >= 0.6 is 0 Å². The molecule has 1 saturated heterocycles. The molecule has 0 aliphatic carbocycles. The number of nitrogens with zero attached hydrogens (tertiary/aromatic N) is 2. The van der Waals surface area contributed by atoms with Crippen molar-refractivity contribution in [2.45, 2.75) is 32.5 Å². The molecule has 206 valence electrons. The SMILES string of the molecule is CC(C)(C)OC(=O)NNC(=O)c1cc(-c2ccc(C#Cc3ccc(C4CNC(=O)O4)cc3)cc2)nc2ccncc12. The van der Waals surface area contributed by atoms with Crippen molar-refractivity contribution in [1.82, 2.24) is 26.1 Å². The van der Waals surface area contributed by atoms with Crippen LogP contribution in [0.4, 0.5) is 9.59 Å². The van der Waals surface area contributed by atoms with Crippen LogP contribution in [0.2, 0.25) is 0 Å². The lowest BCUT2D eigenvalue weighted by molar-refractivity contribution is 0.0483. The van der Waals surface area contributed by atoms with E-state index in [4.69, 9.17) is 14.5 Å². The van der Waals surface area contributed by atoms with Crippen LogP contribution in [0.25, 0.3) is 22.2 Å². The second-order valence-corrected chi connectivity index (χ2v) is 10.3. The number of ether oxygens (including phenoxy) is 2. The topological polar surface area (TPSA) is 132 Å². The number of amides is 3. The lowest BCUT2D eigenvalue weighted by Gasteiger charge is -2.19. The van der Waals surface area contributed by atoms with Crippen molar-refractivity contribution < 1.29 is 23.9 Å². The molecule has 1 atom stereocenters. The maximum atomic E-state index is 13.0. The molecule has 41 heavy (non-hydrogen) atoms. The predicted octanol–water partition coefficient (Wildman–Crippen LogP) is 4.65. The summed E-state index contributed by atoms with van der Waals surface area (Å²) in [5, 5.41) is 3.18. The quantitative estimate of drug-likeness (QED) is 0.250. The highest BCUT2D eigenvalue weighted by Gasteiger charge is 2.23. The monoisotopic (exact) mass is 549 g/mol. The Morgan fingerprint density at radius 1 is 1.00 bits per heavy atom. The van der Waals surface area contributed by atoms with Gasteiger partial charge in [-0.15, -0.1) is 0 Å². The Bertz CT molecular complexity index is 1680. The minimum Gasteiger partial charge on any atom is -0.443 e. The lowest BCUT2D eigenvalue weighted by atomic mass is 10.0. The summed E-state index contributed by atoms with van der Waals surface area (Å²) in [6.45, 7) is 5.64. The van der Waals surface area contributed by atoms with Gasteiger partial charge in [-0.2, -0.15) is 0 Å². The third kappa shape index (κ3) is 6.78. The Kier molecular flexibility index (Phi) is 7.52. The van der Waals surface area contributed by atoms with Crippen LogP contribution in [-0.2, 0) is 9.47 Å². The number of hydrogen-bond acceptors (Lipinski definition) is 7. The minimum absolute atomic E-state index is 0.287. The van der Waals surface area contributed by atoms with Crippen molar-refractivity contribution in [2.75, 3.05) is 6.54 Å². The average Bonchev–Trinajstić information content (AvgIpc) is 3.40. The number of carbonyl (C=O) groups is 3. The maximum Gasteiger partial charge on any atom is 0.426 e. The number of cyclic esters (lactones) is 1. The first kappa shape index (κ1) is 27.1. The first-order valence-electron chi connectivity index (χ1n) is 12.9. The van der Waals surface area contributed by atoms with Crippen LogP contribution in [0, 0.1) is 11.8 Å². The van der Waals surface area contributed by atoms with Crippen LogP contribution < -0.4 is 16.2 Å².